The first kappa shape index (κ1) is 20.4. The van der Waals surface area contributed by atoms with Crippen molar-refractivity contribution in [2.75, 3.05) is 18.4 Å². The monoisotopic (exact) mass is 425 g/mol. The molecule has 2 aromatic heterocycles. The summed E-state index contributed by atoms with van der Waals surface area (Å²) in [4.78, 5) is 32.7. The molecular formula is C21H23N5O3S. The number of ether oxygens (including phenoxy) is 1. The van der Waals surface area contributed by atoms with Gasteiger partial charge in [-0.3, -0.25) is 20.0 Å². The highest BCUT2D eigenvalue weighted by Gasteiger charge is 2.28. The summed E-state index contributed by atoms with van der Waals surface area (Å²) in [5.41, 5.74) is 3.07. The van der Waals surface area contributed by atoms with Crippen LogP contribution in [0.15, 0.2) is 24.3 Å². The first-order valence-electron chi connectivity index (χ1n) is 9.91. The van der Waals surface area contributed by atoms with Crippen LogP contribution in [0.2, 0.25) is 0 Å². The van der Waals surface area contributed by atoms with Crippen LogP contribution in [0.25, 0.3) is 10.9 Å². The van der Waals surface area contributed by atoms with Gasteiger partial charge in [-0.2, -0.15) is 0 Å². The molecule has 0 fully saturated rings. The first-order chi connectivity index (χ1) is 14.5. The van der Waals surface area contributed by atoms with Crippen molar-refractivity contribution in [3.63, 3.8) is 0 Å². The Morgan fingerprint density at radius 2 is 2.10 bits per heavy atom. The normalized spacial score (nSPS) is 14.9. The molecule has 0 aliphatic carbocycles. The molecular weight excluding hydrogens is 402 g/mol. The van der Waals surface area contributed by atoms with Crippen molar-refractivity contribution in [3.8, 4) is 0 Å². The molecule has 156 valence electrons. The zero-order valence-electron chi connectivity index (χ0n) is 17.1. The highest BCUT2D eigenvalue weighted by atomic mass is 32.1. The minimum absolute atomic E-state index is 0.380. The first-order valence-corrected chi connectivity index (χ1v) is 10.7. The molecule has 1 aliphatic rings. The number of fused-ring (bicyclic) bond motifs is 2. The van der Waals surface area contributed by atoms with Crippen LogP contribution < -0.4 is 5.32 Å². The van der Waals surface area contributed by atoms with Crippen LogP contribution in [0, 0.1) is 6.92 Å². The van der Waals surface area contributed by atoms with Gasteiger partial charge in [0.1, 0.15) is 5.01 Å². The molecule has 8 nitrogen and oxygen atoms in total. The smallest absolute Gasteiger partial charge is 0.339 e. The highest BCUT2D eigenvalue weighted by molar-refractivity contribution is 7.15. The van der Waals surface area contributed by atoms with E-state index in [1.54, 1.807) is 13.8 Å². The molecule has 1 amide bonds. The van der Waals surface area contributed by atoms with Crippen LogP contribution in [0.5, 0.6) is 0 Å². The average Bonchev–Trinajstić information content (AvgIpc) is 3.15. The number of carbonyl (C=O) groups excluding carboxylic acids is 2. The van der Waals surface area contributed by atoms with Crippen LogP contribution in [-0.4, -0.2) is 51.2 Å². The number of hydrogen-bond acceptors (Lipinski definition) is 8. The molecule has 3 heterocycles. The maximum Gasteiger partial charge on any atom is 0.339 e. The number of aryl methyl sites for hydroxylation is 1. The Kier molecular flexibility index (Phi) is 5.74. The number of esters is 1. The van der Waals surface area contributed by atoms with Crippen molar-refractivity contribution in [1.29, 1.82) is 0 Å². The highest BCUT2D eigenvalue weighted by Crippen LogP contribution is 2.29. The van der Waals surface area contributed by atoms with Crippen LogP contribution in [-0.2, 0) is 22.5 Å². The lowest BCUT2D eigenvalue weighted by molar-refractivity contribution is -0.123. The minimum Gasteiger partial charge on any atom is -0.449 e. The summed E-state index contributed by atoms with van der Waals surface area (Å²) in [6.45, 7) is 7.88. The van der Waals surface area contributed by atoms with Crippen molar-refractivity contribution < 1.29 is 14.3 Å². The van der Waals surface area contributed by atoms with Gasteiger partial charge in [-0.1, -0.05) is 36.5 Å². The number of rotatable bonds is 5. The van der Waals surface area contributed by atoms with E-state index in [0.29, 0.717) is 17.2 Å². The standard InChI is InChI=1S/C21H23N5O3S/c1-4-26-10-9-17-15(11-26)18(14-7-5-6-8-16(14)22-17)20(28)29-12(2)19(27)23-21-25-24-13(3)30-21/h5-8,12H,4,9-11H2,1-3H3,(H,23,25,27). The van der Waals surface area contributed by atoms with E-state index in [0.717, 1.165) is 46.7 Å². The van der Waals surface area contributed by atoms with E-state index in [1.165, 1.54) is 11.3 Å². The zero-order chi connectivity index (χ0) is 21.3. The summed E-state index contributed by atoms with van der Waals surface area (Å²) in [7, 11) is 0. The van der Waals surface area contributed by atoms with E-state index in [2.05, 4.69) is 27.3 Å². The van der Waals surface area contributed by atoms with Gasteiger partial charge < -0.3 is 4.74 Å². The Balaban J connectivity index is 1.62. The Bertz CT molecular complexity index is 1110. The van der Waals surface area contributed by atoms with Gasteiger partial charge in [0.05, 0.1) is 11.1 Å². The Hall–Kier alpha value is -2.91. The summed E-state index contributed by atoms with van der Waals surface area (Å²) in [5, 5.41) is 12.3. The summed E-state index contributed by atoms with van der Waals surface area (Å²) in [5.74, 6) is -0.958. The van der Waals surface area contributed by atoms with E-state index in [9.17, 15) is 9.59 Å². The molecule has 4 rings (SSSR count). The third-order valence-electron chi connectivity index (χ3n) is 5.19. The number of nitrogens with one attached hydrogen (secondary N) is 1. The fourth-order valence-corrected chi connectivity index (χ4v) is 4.17. The number of likely N-dealkylation sites (N-methyl/N-ethyl adjacent to an activating group) is 1. The van der Waals surface area contributed by atoms with Gasteiger partial charge in [0.2, 0.25) is 5.13 Å². The number of para-hydroxylation sites is 1. The van der Waals surface area contributed by atoms with Gasteiger partial charge >= 0.3 is 5.97 Å². The number of nitrogens with zero attached hydrogens (tertiary/aromatic N) is 4. The zero-order valence-corrected chi connectivity index (χ0v) is 18.0. The number of benzene rings is 1. The SMILES string of the molecule is CCN1CCc2nc3ccccc3c(C(=O)OC(C)C(=O)Nc3nnc(C)s3)c2C1. The number of pyridine rings is 1. The molecule has 0 radical (unpaired) electrons. The summed E-state index contributed by atoms with van der Waals surface area (Å²) >= 11 is 1.26. The van der Waals surface area contributed by atoms with Crippen molar-refractivity contribution in [3.05, 3.63) is 46.1 Å². The Morgan fingerprint density at radius 3 is 2.83 bits per heavy atom. The minimum atomic E-state index is -0.977. The van der Waals surface area contributed by atoms with Crippen LogP contribution in [0.1, 0.15) is 40.5 Å². The molecule has 1 N–H and O–H groups in total. The summed E-state index contributed by atoms with van der Waals surface area (Å²) in [6.07, 6.45) is -0.198. The van der Waals surface area contributed by atoms with E-state index in [-0.39, 0.29) is 0 Å². The number of hydrogen-bond donors (Lipinski definition) is 1. The molecule has 1 aliphatic heterocycles. The second-order valence-corrected chi connectivity index (χ2v) is 8.39. The van der Waals surface area contributed by atoms with Crippen LogP contribution in [0.4, 0.5) is 5.13 Å². The van der Waals surface area contributed by atoms with Gasteiger partial charge in [-0.25, -0.2) is 4.79 Å². The third kappa shape index (κ3) is 4.03. The van der Waals surface area contributed by atoms with E-state index in [4.69, 9.17) is 9.72 Å². The van der Waals surface area contributed by atoms with Gasteiger partial charge in [-0.15, -0.1) is 10.2 Å². The fourth-order valence-electron chi connectivity index (χ4n) is 3.58. The molecule has 0 saturated heterocycles. The quantitative estimate of drug-likeness (QED) is 0.628. The number of amides is 1. The topological polar surface area (TPSA) is 97.3 Å². The maximum absolute atomic E-state index is 13.2. The molecule has 1 atom stereocenters. The summed E-state index contributed by atoms with van der Waals surface area (Å²) < 4.78 is 5.58. The second-order valence-electron chi connectivity index (χ2n) is 7.21. The van der Waals surface area contributed by atoms with Gasteiger partial charge in [-0.05, 0) is 26.5 Å². The van der Waals surface area contributed by atoms with E-state index < -0.39 is 18.0 Å². The van der Waals surface area contributed by atoms with Gasteiger partial charge in [0, 0.05) is 36.2 Å². The molecule has 30 heavy (non-hydrogen) atoms. The second kappa shape index (κ2) is 8.45. The maximum atomic E-state index is 13.2. The fraction of sp³-hybridized carbons (Fsp3) is 0.381. The van der Waals surface area contributed by atoms with Gasteiger partial charge in [0.15, 0.2) is 6.10 Å². The van der Waals surface area contributed by atoms with E-state index in [1.807, 2.05) is 24.3 Å². The van der Waals surface area contributed by atoms with E-state index >= 15 is 0 Å². The van der Waals surface area contributed by atoms with Gasteiger partial charge in [0.25, 0.3) is 5.91 Å². The lowest BCUT2D eigenvalue weighted by Crippen LogP contribution is -2.34. The molecule has 1 aromatic carbocycles. The molecule has 0 spiro atoms. The largest absolute Gasteiger partial charge is 0.449 e. The lowest BCUT2D eigenvalue weighted by atomic mass is 9.95. The Labute approximate surface area is 178 Å². The van der Waals surface area contributed by atoms with Crippen molar-refractivity contribution in [2.24, 2.45) is 0 Å². The number of carbonyl (C=O) groups is 2. The summed E-state index contributed by atoms with van der Waals surface area (Å²) in [6, 6.07) is 7.55. The van der Waals surface area contributed by atoms with Crippen molar-refractivity contribution in [1.82, 2.24) is 20.1 Å². The van der Waals surface area contributed by atoms with Crippen LogP contribution in [0.3, 0.4) is 0 Å². The van der Waals surface area contributed by atoms with Crippen molar-refractivity contribution >= 4 is 39.2 Å². The lowest BCUT2D eigenvalue weighted by Gasteiger charge is -2.29. The Morgan fingerprint density at radius 1 is 1.30 bits per heavy atom. The van der Waals surface area contributed by atoms with Crippen molar-refractivity contribution in [2.45, 2.75) is 39.8 Å². The number of aromatic nitrogens is 3. The molecule has 1 unspecified atom stereocenters. The molecule has 0 saturated carbocycles. The third-order valence-corrected chi connectivity index (χ3v) is 5.94. The number of anilines is 1. The molecule has 3 aromatic rings. The average molecular weight is 426 g/mol. The molecule has 0 bridgehead atoms. The predicted octanol–water partition coefficient (Wildman–Crippen LogP) is 2.96. The molecule has 9 heteroatoms. The van der Waals surface area contributed by atoms with Crippen LogP contribution >= 0.6 is 11.3 Å². The predicted molar refractivity (Wildman–Crippen MR) is 115 cm³/mol.